The van der Waals surface area contributed by atoms with Gasteiger partial charge in [0.15, 0.2) is 0 Å². The van der Waals surface area contributed by atoms with Crippen molar-refractivity contribution in [2.75, 3.05) is 6.61 Å². The van der Waals surface area contributed by atoms with Crippen LogP contribution in [-0.2, 0) is 21.0 Å². The van der Waals surface area contributed by atoms with Crippen LogP contribution in [0.25, 0.3) is 0 Å². The van der Waals surface area contributed by atoms with Gasteiger partial charge >= 0.3 is 5.97 Å². The number of amides is 1. The number of aliphatic hydroxyl groups is 3. The zero-order valence-corrected chi connectivity index (χ0v) is 25.7. The average Bonchev–Trinajstić information content (AvgIpc) is 3.26. The molecule has 2 aromatic carbocycles. The van der Waals surface area contributed by atoms with E-state index in [4.69, 9.17) is 31.5 Å². The molecule has 3 rings (SSSR count). The monoisotopic (exact) mass is 648 g/mol. The van der Waals surface area contributed by atoms with Crippen LogP contribution in [0.4, 0.5) is 0 Å². The second-order valence-corrected chi connectivity index (χ2v) is 11.3. The van der Waals surface area contributed by atoms with Gasteiger partial charge in [-0.1, -0.05) is 54.1 Å². The molecule has 1 fully saturated rings. The molecule has 0 aromatic heterocycles. The molecule has 1 unspecified atom stereocenters. The summed E-state index contributed by atoms with van der Waals surface area (Å²) in [6.07, 6.45) is 6.91. The van der Waals surface area contributed by atoms with E-state index in [-0.39, 0.29) is 49.5 Å². The first kappa shape index (κ1) is 36.1. The van der Waals surface area contributed by atoms with E-state index in [1.807, 2.05) is 12.2 Å². The number of esters is 1. The first-order chi connectivity index (χ1) is 21.5. The van der Waals surface area contributed by atoms with Crippen LogP contribution in [0.1, 0.15) is 44.6 Å². The summed E-state index contributed by atoms with van der Waals surface area (Å²) < 4.78 is 10.8. The maximum atomic E-state index is 12.4. The summed E-state index contributed by atoms with van der Waals surface area (Å²) in [5.74, 6) is -0.773. The number of nitrogens with one attached hydrogen (secondary N) is 1. The SMILES string of the molecule is CC(NC(=O)CCC/C=C\C[C@@H]1[C@@H](/C=C/[C@@H](O)COc2cccc(Cl)c2)[C@H](O)C[C@@H]1O)C(=O)Oc1cccc(CON(O)O)c1. The Morgan fingerprint density at radius 2 is 1.84 bits per heavy atom. The standard InChI is InChI=1S/C32H41ClN2O10/c1-21(32(40)45-26-11-6-8-22(16-26)19-44-35(41)42)34-31(39)13-5-3-2-4-12-27-28(30(38)18-29(27)37)15-14-24(36)20-43-25-10-7-9-23(33)17-25/h2,4,6-11,14-17,21,24,27-30,36-38,41-42H,3,5,12-13,18-20H2,1H3,(H,34,39)/b4-2-,15-14+/t21?,24-,27-,28-,29+,30-/m1/s1. The molecule has 0 radical (unpaired) electrons. The molecule has 45 heavy (non-hydrogen) atoms. The Labute approximate surface area is 267 Å². The maximum Gasteiger partial charge on any atom is 0.333 e. The highest BCUT2D eigenvalue weighted by atomic mass is 35.5. The van der Waals surface area contributed by atoms with Crippen LogP contribution in [0.3, 0.4) is 0 Å². The Morgan fingerprint density at radius 3 is 2.60 bits per heavy atom. The Balaban J connectivity index is 1.36. The second kappa shape index (κ2) is 18.6. The molecule has 0 bridgehead atoms. The molecule has 0 spiro atoms. The summed E-state index contributed by atoms with van der Waals surface area (Å²) in [5.41, 5.74) is 0.526. The predicted octanol–water partition coefficient (Wildman–Crippen LogP) is 3.73. The fraction of sp³-hybridized carbons (Fsp3) is 0.438. The fourth-order valence-electron chi connectivity index (χ4n) is 4.92. The van der Waals surface area contributed by atoms with Crippen molar-refractivity contribution in [2.45, 2.75) is 70.0 Å². The molecule has 0 saturated heterocycles. The van der Waals surface area contributed by atoms with E-state index in [0.717, 1.165) is 0 Å². The van der Waals surface area contributed by atoms with Crippen LogP contribution in [0, 0.1) is 11.8 Å². The Kier molecular flexibility index (Phi) is 14.9. The van der Waals surface area contributed by atoms with E-state index >= 15 is 0 Å². The summed E-state index contributed by atoms with van der Waals surface area (Å²) in [4.78, 5) is 29.3. The number of hydrogen-bond donors (Lipinski definition) is 6. The lowest BCUT2D eigenvalue weighted by Gasteiger charge is -2.19. The fourth-order valence-corrected chi connectivity index (χ4v) is 5.10. The summed E-state index contributed by atoms with van der Waals surface area (Å²) in [5, 5.41) is 51.3. The zero-order chi connectivity index (χ0) is 32.8. The van der Waals surface area contributed by atoms with Gasteiger partial charge in [-0.25, -0.2) is 9.63 Å². The summed E-state index contributed by atoms with van der Waals surface area (Å²) >= 11 is 5.94. The largest absolute Gasteiger partial charge is 0.491 e. The number of halogens is 1. The number of carbonyl (C=O) groups excluding carboxylic acids is 2. The van der Waals surface area contributed by atoms with Gasteiger partial charge in [-0.05, 0) is 68.0 Å². The van der Waals surface area contributed by atoms with Crippen molar-refractivity contribution in [1.82, 2.24) is 10.7 Å². The number of carbonyl (C=O) groups is 2. The first-order valence-electron chi connectivity index (χ1n) is 14.7. The van der Waals surface area contributed by atoms with Gasteiger partial charge in [0.2, 0.25) is 5.91 Å². The Bertz CT molecular complexity index is 1290. The van der Waals surface area contributed by atoms with Crippen LogP contribution in [0.2, 0.25) is 5.02 Å². The minimum Gasteiger partial charge on any atom is -0.491 e. The number of ether oxygens (including phenoxy) is 2. The molecule has 1 aliphatic carbocycles. The van der Waals surface area contributed by atoms with Gasteiger partial charge in [0.25, 0.3) is 0 Å². The lowest BCUT2D eigenvalue weighted by molar-refractivity contribution is -0.497. The van der Waals surface area contributed by atoms with Crippen LogP contribution < -0.4 is 14.8 Å². The van der Waals surface area contributed by atoms with Crippen molar-refractivity contribution in [3.8, 4) is 11.5 Å². The molecule has 1 aliphatic rings. The predicted molar refractivity (Wildman–Crippen MR) is 163 cm³/mol. The number of hydrogen-bond acceptors (Lipinski definition) is 11. The number of aliphatic hydroxyl groups excluding tert-OH is 3. The van der Waals surface area contributed by atoms with Crippen LogP contribution >= 0.6 is 11.6 Å². The van der Waals surface area contributed by atoms with Crippen molar-refractivity contribution in [1.29, 1.82) is 0 Å². The van der Waals surface area contributed by atoms with E-state index in [9.17, 15) is 24.9 Å². The second-order valence-electron chi connectivity index (χ2n) is 10.8. The van der Waals surface area contributed by atoms with Gasteiger partial charge in [0, 0.05) is 23.8 Å². The molecule has 6 N–H and O–H groups in total. The van der Waals surface area contributed by atoms with Gasteiger partial charge in [0.05, 0.1) is 24.2 Å². The summed E-state index contributed by atoms with van der Waals surface area (Å²) in [6, 6.07) is 12.3. The summed E-state index contributed by atoms with van der Waals surface area (Å²) in [7, 11) is 0. The summed E-state index contributed by atoms with van der Waals surface area (Å²) in [6.45, 7) is 1.37. The van der Waals surface area contributed by atoms with E-state index in [0.29, 0.717) is 35.6 Å². The first-order valence-corrected chi connectivity index (χ1v) is 15.1. The molecule has 0 aliphatic heterocycles. The van der Waals surface area contributed by atoms with Crippen molar-refractivity contribution < 1.29 is 49.6 Å². The van der Waals surface area contributed by atoms with Gasteiger partial charge < -0.3 is 30.1 Å². The van der Waals surface area contributed by atoms with Crippen molar-refractivity contribution >= 4 is 23.5 Å². The third-order valence-electron chi connectivity index (χ3n) is 7.23. The minimum absolute atomic E-state index is 0.0152. The molecule has 1 amide bonds. The normalized spacial score (nSPS) is 21.3. The number of rotatable bonds is 17. The average molecular weight is 649 g/mol. The number of nitrogens with zero attached hydrogens (tertiary/aromatic N) is 1. The molecule has 13 heteroatoms. The van der Waals surface area contributed by atoms with E-state index < -0.39 is 35.7 Å². The molecule has 2 aromatic rings. The molecule has 246 valence electrons. The quantitative estimate of drug-likeness (QED) is 0.0484. The van der Waals surface area contributed by atoms with Crippen LogP contribution in [0.15, 0.2) is 72.8 Å². The number of benzene rings is 2. The lowest BCUT2D eigenvalue weighted by atomic mass is 9.89. The molecule has 1 saturated carbocycles. The highest BCUT2D eigenvalue weighted by Crippen LogP contribution is 2.36. The zero-order valence-electron chi connectivity index (χ0n) is 24.9. The molecular formula is C32H41ClN2O10. The van der Waals surface area contributed by atoms with Crippen LogP contribution in [0.5, 0.6) is 11.5 Å². The van der Waals surface area contributed by atoms with Gasteiger partial charge in [-0.2, -0.15) is 0 Å². The maximum absolute atomic E-state index is 12.4. The number of unbranched alkanes of at least 4 members (excludes halogenated alkanes) is 1. The number of allylic oxidation sites excluding steroid dienone is 2. The highest BCUT2D eigenvalue weighted by molar-refractivity contribution is 6.30. The van der Waals surface area contributed by atoms with Gasteiger partial charge in [-0.15, -0.1) is 0 Å². The molecule has 6 atom stereocenters. The highest BCUT2D eigenvalue weighted by Gasteiger charge is 2.39. The lowest BCUT2D eigenvalue weighted by Crippen LogP contribution is -2.40. The Morgan fingerprint density at radius 1 is 1.09 bits per heavy atom. The van der Waals surface area contributed by atoms with Crippen LogP contribution in [-0.4, -0.2) is 74.0 Å². The van der Waals surface area contributed by atoms with Crippen molar-refractivity contribution in [3.63, 3.8) is 0 Å². The molecule has 0 heterocycles. The van der Waals surface area contributed by atoms with Crippen molar-refractivity contribution in [3.05, 3.63) is 83.4 Å². The molecular weight excluding hydrogens is 608 g/mol. The third-order valence-corrected chi connectivity index (χ3v) is 7.47. The van der Waals surface area contributed by atoms with Crippen molar-refractivity contribution in [2.24, 2.45) is 11.8 Å². The topological polar surface area (TPSA) is 178 Å². The van der Waals surface area contributed by atoms with Gasteiger partial charge in [0.1, 0.15) is 30.3 Å². The molecule has 12 nitrogen and oxygen atoms in total. The van der Waals surface area contributed by atoms with Gasteiger partial charge in [-0.3, -0.25) is 15.2 Å². The van der Waals surface area contributed by atoms with E-state index in [1.54, 1.807) is 54.6 Å². The smallest absolute Gasteiger partial charge is 0.333 e. The Hall–Kier alpha value is -3.33. The minimum atomic E-state index is -0.904. The van der Waals surface area contributed by atoms with E-state index in [1.165, 1.54) is 13.0 Å². The van der Waals surface area contributed by atoms with E-state index in [2.05, 4.69) is 10.2 Å². The third kappa shape index (κ3) is 12.9.